The molecule has 1 heterocycles. The molecule has 1 aliphatic heterocycles. The average molecular weight is 370 g/mol. The van der Waals surface area contributed by atoms with E-state index in [2.05, 4.69) is 6.92 Å². The molecule has 118 valence electrons. The molecular formula is C14H19Cl3N2OS. The molecule has 7 heteroatoms. The van der Waals surface area contributed by atoms with E-state index in [0.29, 0.717) is 28.3 Å². The van der Waals surface area contributed by atoms with Gasteiger partial charge in [-0.2, -0.15) is 0 Å². The van der Waals surface area contributed by atoms with E-state index in [1.807, 2.05) is 4.90 Å². The third-order valence-electron chi connectivity index (χ3n) is 3.56. The van der Waals surface area contributed by atoms with E-state index < -0.39 is 0 Å². The van der Waals surface area contributed by atoms with Crippen molar-refractivity contribution in [2.24, 2.45) is 11.7 Å². The van der Waals surface area contributed by atoms with Gasteiger partial charge < -0.3 is 10.6 Å². The normalized spacial score (nSPS) is 21.2. The van der Waals surface area contributed by atoms with Gasteiger partial charge in [-0.1, -0.05) is 23.2 Å². The summed E-state index contributed by atoms with van der Waals surface area (Å²) < 4.78 is 0. The highest BCUT2D eigenvalue weighted by atomic mass is 35.5. The fraction of sp³-hybridized carbons (Fsp3) is 0.500. The van der Waals surface area contributed by atoms with Crippen LogP contribution in [0.5, 0.6) is 0 Å². The lowest BCUT2D eigenvalue weighted by atomic mass is 10.1. The Hall–Kier alpha value is -0.130. The van der Waals surface area contributed by atoms with E-state index in [1.54, 1.807) is 18.2 Å². The Morgan fingerprint density at radius 2 is 2.19 bits per heavy atom. The van der Waals surface area contributed by atoms with Gasteiger partial charge in [-0.05, 0) is 44.0 Å². The summed E-state index contributed by atoms with van der Waals surface area (Å²) in [6.45, 7) is 3.48. The number of carbonyl (C=O) groups is 1. The molecule has 2 N–H and O–H groups in total. The SMILES string of the molecule is CC1CC(CN)CN1C(=O)CSc1cc(Cl)ccc1Cl.Cl. The highest BCUT2D eigenvalue weighted by molar-refractivity contribution is 8.00. The van der Waals surface area contributed by atoms with Gasteiger partial charge in [-0.15, -0.1) is 24.2 Å². The Balaban J connectivity index is 0.00000220. The smallest absolute Gasteiger partial charge is 0.233 e. The molecule has 0 aromatic heterocycles. The van der Waals surface area contributed by atoms with Gasteiger partial charge in [-0.25, -0.2) is 0 Å². The molecule has 3 nitrogen and oxygen atoms in total. The first-order chi connectivity index (χ1) is 9.51. The molecule has 1 aromatic rings. The van der Waals surface area contributed by atoms with Crippen LogP contribution in [0.1, 0.15) is 13.3 Å². The van der Waals surface area contributed by atoms with Gasteiger partial charge in [0, 0.05) is 22.5 Å². The highest BCUT2D eigenvalue weighted by Crippen LogP contribution is 2.31. The first-order valence-electron chi connectivity index (χ1n) is 6.58. The van der Waals surface area contributed by atoms with Crippen LogP contribution in [0.25, 0.3) is 0 Å². The standard InChI is InChI=1S/C14H18Cl2N2OS.ClH/c1-9-4-10(6-17)7-18(9)14(19)8-20-13-5-11(15)2-3-12(13)16;/h2-3,5,9-10H,4,6-8,17H2,1H3;1H. The maximum absolute atomic E-state index is 12.3. The summed E-state index contributed by atoms with van der Waals surface area (Å²) in [6.07, 6.45) is 0.991. The Bertz CT molecular complexity index is 501. The third kappa shape index (κ3) is 4.93. The van der Waals surface area contributed by atoms with Crippen LogP contribution in [-0.2, 0) is 4.79 Å². The van der Waals surface area contributed by atoms with Crippen molar-refractivity contribution in [3.63, 3.8) is 0 Å². The Labute approximate surface area is 145 Å². The molecule has 1 aliphatic rings. The predicted molar refractivity (Wildman–Crippen MR) is 92.8 cm³/mol. The van der Waals surface area contributed by atoms with Crippen molar-refractivity contribution in [3.05, 3.63) is 28.2 Å². The number of hydrogen-bond donors (Lipinski definition) is 1. The molecular weight excluding hydrogens is 351 g/mol. The maximum Gasteiger partial charge on any atom is 0.233 e. The van der Waals surface area contributed by atoms with E-state index in [4.69, 9.17) is 28.9 Å². The average Bonchev–Trinajstić information content (AvgIpc) is 2.81. The van der Waals surface area contributed by atoms with Gasteiger partial charge in [0.15, 0.2) is 0 Å². The molecule has 2 rings (SSSR count). The van der Waals surface area contributed by atoms with Crippen LogP contribution in [0.4, 0.5) is 0 Å². The van der Waals surface area contributed by atoms with Crippen molar-refractivity contribution >= 4 is 53.3 Å². The number of halogens is 3. The van der Waals surface area contributed by atoms with Gasteiger partial charge in [0.05, 0.1) is 10.8 Å². The Morgan fingerprint density at radius 3 is 2.81 bits per heavy atom. The minimum absolute atomic E-state index is 0. The molecule has 1 aromatic carbocycles. The van der Waals surface area contributed by atoms with Crippen LogP contribution < -0.4 is 5.73 Å². The number of nitrogens with two attached hydrogens (primary N) is 1. The number of likely N-dealkylation sites (tertiary alicyclic amines) is 1. The monoisotopic (exact) mass is 368 g/mol. The van der Waals surface area contributed by atoms with Crippen molar-refractivity contribution in [3.8, 4) is 0 Å². The Morgan fingerprint density at radius 1 is 1.48 bits per heavy atom. The van der Waals surface area contributed by atoms with Crippen molar-refractivity contribution < 1.29 is 4.79 Å². The minimum atomic E-state index is 0. The fourth-order valence-corrected chi connectivity index (χ4v) is 3.85. The van der Waals surface area contributed by atoms with E-state index in [-0.39, 0.29) is 24.4 Å². The lowest BCUT2D eigenvalue weighted by molar-refractivity contribution is -0.128. The second-order valence-electron chi connectivity index (χ2n) is 5.10. The molecule has 0 saturated carbocycles. The number of thioether (sulfide) groups is 1. The minimum Gasteiger partial charge on any atom is -0.339 e. The largest absolute Gasteiger partial charge is 0.339 e. The zero-order valence-corrected chi connectivity index (χ0v) is 14.9. The van der Waals surface area contributed by atoms with Crippen LogP contribution in [-0.4, -0.2) is 35.7 Å². The number of rotatable bonds is 4. The van der Waals surface area contributed by atoms with Crippen LogP contribution in [0, 0.1) is 5.92 Å². The predicted octanol–water partition coefficient (Wildman–Crippen LogP) is 3.70. The number of nitrogens with zero attached hydrogens (tertiary/aromatic N) is 1. The van der Waals surface area contributed by atoms with Crippen LogP contribution in [0.15, 0.2) is 23.1 Å². The van der Waals surface area contributed by atoms with Crippen molar-refractivity contribution in [1.29, 1.82) is 0 Å². The molecule has 21 heavy (non-hydrogen) atoms. The van der Waals surface area contributed by atoms with Gasteiger partial charge in [0.25, 0.3) is 0 Å². The van der Waals surface area contributed by atoms with Crippen molar-refractivity contribution in [1.82, 2.24) is 4.90 Å². The van der Waals surface area contributed by atoms with Gasteiger partial charge in [0.2, 0.25) is 5.91 Å². The zero-order valence-electron chi connectivity index (χ0n) is 11.7. The van der Waals surface area contributed by atoms with Crippen molar-refractivity contribution in [2.45, 2.75) is 24.3 Å². The zero-order chi connectivity index (χ0) is 14.7. The maximum atomic E-state index is 12.3. The summed E-state index contributed by atoms with van der Waals surface area (Å²) >= 11 is 13.5. The number of hydrogen-bond acceptors (Lipinski definition) is 3. The quantitative estimate of drug-likeness (QED) is 0.823. The topological polar surface area (TPSA) is 46.3 Å². The molecule has 2 unspecified atom stereocenters. The second-order valence-corrected chi connectivity index (χ2v) is 6.96. The van der Waals surface area contributed by atoms with Crippen LogP contribution in [0.3, 0.4) is 0 Å². The van der Waals surface area contributed by atoms with Crippen molar-refractivity contribution in [2.75, 3.05) is 18.8 Å². The summed E-state index contributed by atoms with van der Waals surface area (Å²) in [4.78, 5) is 15.0. The summed E-state index contributed by atoms with van der Waals surface area (Å²) in [5, 5.41) is 1.25. The van der Waals surface area contributed by atoms with E-state index in [0.717, 1.165) is 17.9 Å². The number of benzene rings is 1. The van der Waals surface area contributed by atoms with E-state index >= 15 is 0 Å². The summed E-state index contributed by atoms with van der Waals surface area (Å²) in [5.41, 5.74) is 5.68. The number of carbonyl (C=O) groups excluding carboxylic acids is 1. The van der Waals surface area contributed by atoms with Gasteiger partial charge in [-0.3, -0.25) is 4.79 Å². The van der Waals surface area contributed by atoms with Gasteiger partial charge in [0.1, 0.15) is 0 Å². The van der Waals surface area contributed by atoms with Crippen LogP contribution in [0.2, 0.25) is 10.0 Å². The summed E-state index contributed by atoms with van der Waals surface area (Å²) in [5.74, 6) is 0.935. The molecule has 0 radical (unpaired) electrons. The Kier molecular flexibility index (Phi) is 7.65. The highest BCUT2D eigenvalue weighted by Gasteiger charge is 2.31. The van der Waals surface area contributed by atoms with Gasteiger partial charge >= 0.3 is 0 Å². The molecule has 0 aliphatic carbocycles. The lowest BCUT2D eigenvalue weighted by Gasteiger charge is -2.21. The molecule has 1 fully saturated rings. The van der Waals surface area contributed by atoms with Crippen LogP contribution >= 0.6 is 47.4 Å². The summed E-state index contributed by atoms with van der Waals surface area (Å²) in [6, 6.07) is 5.55. The lowest BCUT2D eigenvalue weighted by Crippen LogP contribution is -2.35. The summed E-state index contributed by atoms with van der Waals surface area (Å²) in [7, 11) is 0. The van der Waals surface area contributed by atoms with E-state index in [9.17, 15) is 4.79 Å². The fourth-order valence-electron chi connectivity index (χ4n) is 2.47. The van der Waals surface area contributed by atoms with E-state index in [1.165, 1.54) is 11.8 Å². The molecule has 1 amide bonds. The first kappa shape index (κ1) is 18.9. The molecule has 2 atom stereocenters. The third-order valence-corrected chi connectivity index (χ3v) is 5.28. The first-order valence-corrected chi connectivity index (χ1v) is 8.32. The number of amides is 1. The molecule has 0 bridgehead atoms. The second kappa shape index (κ2) is 8.49. The molecule has 0 spiro atoms. The molecule has 1 saturated heterocycles.